The lowest BCUT2D eigenvalue weighted by atomic mass is 9.97. The Bertz CT molecular complexity index is 1340. The summed E-state index contributed by atoms with van der Waals surface area (Å²) in [7, 11) is -3.73. The quantitative estimate of drug-likeness (QED) is 0.0846. The van der Waals surface area contributed by atoms with Crippen molar-refractivity contribution in [2.24, 2.45) is 0 Å². The molecule has 0 aromatic heterocycles. The molecule has 1 unspecified atom stereocenters. The number of carbonyl (C=O) groups excluding carboxylic acids is 2. The van der Waals surface area contributed by atoms with E-state index < -0.39 is 16.6 Å². The van der Waals surface area contributed by atoms with E-state index in [4.69, 9.17) is 27.8 Å². The van der Waals surface area contributed by atoms with E-state index in [1.165, 1.54) is 0 Å². The molecule has 0 saturated heterocycles. The van der Waals surface area contributed by atoms with Gasteiger partial charge < -0.3 is 38.4 Å². The lowest BCUT2D eigenvalue weighted by Crippen LogP contribution is -2.41. The number of rotatable bonds is 19. The summed E-state index contributed by atoms with van der Waals surface area (Å²) >= 11 is 0. The molecule has 2 aromatic carbocycles. The first-order valence-electron chi connectivity index (χ1n) is 17.8. The summed E-state index contributed by atoms with van der Waals surface area (Å²) in [6, 6.07) is 11.8. The molecular weight excluding hydrogens is 669 g/mol. The number of carbonyl (C=O) groups is 2. The van der Waals surface area contributed by atoms with Gasteiger partial charge in [-0.2, -0.15) is 0 Å². The van der Waals surface area contributed by atoms with Crippen LogP contribution >= 0.6 is 0 Å². The fourth-order valence-electron chi connectivity index (χ4n) is 5.08. The van der Waals surface area contributed by atoms with E-state index in [1.54, 1.807) is 0 Å². The molecule has 2 amide bonds. The third-order valence-electron chi connectivity index (χ3n) is 10.1. The first-order valence-corrected chi connectivity index (χ1v) is 23.6. The van der Waals surface area contributed by atoms with Crippen LogP contribution in [-0.4, -0.2) is 87.6 Å². The van der Waals surface area contributed by atoms with Gasteiger partial charge in [0.15, 0.2) is 22.9 Å². The SMILES string of the molecule is CCOC(C)OCC1c2cc(NC(=O)COCCO[Si](C)(C)C(C)(C)C)ccc2-c2ccc(NC(=O)COCCO[Si](C)(C)C(C)(C)C)cc21. The van der Waals surface area contributed by atoms with Gasteiger partial charge in [0.2, 0.25) is 11.8 Å². The number of ether oxygens (including phenoxy) is 4. The van der Waals surface area contributed by atoms with Crippen molar-refractivity contribution < 1.29 is 37.4 Å². The molecule has 0 spiro atoms. The van der Waals surface area contributed by atoms with Gasteiger partial charge in [-0.25, -0.2) is 0 Å². The van der Waals surface area contributed by atoms with Gasteiger partial charge in [-0.15, -0.1) is 0 Å². The van der Waals surface area contributed by atoms with Gasteiger partial charge >= 0.3 is 0 Å². The first-order chi connectivity index (χ1) is 23.3. The molecule has 0 bridgehead atoms. The smallest absolute Gasteiger partial charge is 0.250 e. The van der Waals surface area contributed by atoms with E-state index in [-0.39, 0.29) is 47.3 Å². The van der Waals surface area contributed by atoms with Gasteiger partial charge in [0.25, 0.3) is 0 Å². The van der Waals surface area contributed by atoms with Crippen molar-refractivity contribution >= 4 is 39.8 Å². The number of fused-ring (bicyclic) bond motifs is 3. The van der Waals surface area contributed by atoms with Gasteiger partial charge in [0.1, 0.15) is 13.2 Å². The molecule has 12 heteroatoms. The fraction of sp³-hybridized carbons (Fsp3) is 0.632. The molecule has 2 aromatic rings. The maximum absolute atomic E-state index is 12.8. The molecule has 1 atom stereocenters. The summed E-state index contributed by atoms with van der Waals surface area (Å²) in [6.45, 7) is 28.2. The Morgan fingerprint density at radius 2 is 1.12 bits per heavy atom. The van der Waals surface area contributed by atoms with Crippen molar-refractivity contribution in [3.05, 3.63) is 47.5 Å². The van der Waals surface area contributed by atoms with E-state index in [1.807, 2.05) is 50.2 Å². The molecule has 1 aliphatic rings. The van der Waals surface area contributed by atoms with E-state index in [2.05, 4.69) is 78.4 Å². The normalized spacial score (nSPS) is 14.3. The zero-order valence-corrected chi connectivity index (χ0v) is 34.5. The topological polar surface area (TPSA) is 114 Å². The molecule has 50 heavy (non-hydrogen) atoms. The Kier molecular flexibility index (Phi) is 15.0. The number of hydrogen-bond donors (Lipinski definition) is 2. The minimum Gasteiger partial charge on any atom is -0.414 e. The summed E-state index contributed by atoms with van der Waals surface area (Å²) in [5.74, 6) is -0.599. The van der Waals surface area contributed by atoms with Crippen molar-refractivity contribution in [3.63, 3.8) is 0 Å². The minimum absolute atomic E-state index is 0.0625. The summed E-state index contributed by atoms with van der Waals surface area (Å²) in [4.78, 5) is 25.6. The highest BCUT2D eigenvalue weighted by molar-refractivity contribution is 6.74. The van der Waals surface area contributed by atoms with Crippen LogP contribution in [0, 0.1) is 0 Å². The average Bonchev–Trinajstić information content (AvgIpc) is 3.30. The molecule has 0 heterocycles. The van der Waals surface area contributed by atoms with E-state index in [0.29, 0.717) is 51.0 Å². The van der Waals surface area contributed by atoms with Gasteiger partial charge in [-0.1, -0.05) is 53.7 Å². The highest BCUT2D eigenvalue weighted by Gasteiger charge is 2.38. The second-order valence-electron chi connectivity index (χ2n) is 15.9. The van der Waals surface area contributed by atoms with Crippen molar-refractivity contribution in [2.45, 2.75) is 104 Å². The van der Waals surface area contributed by atoms with Gasteiger partial charge in [-0.05, 0) is 96.6 Å². The minimum atomic E-state index is -1.86. The van der Waals surface area contributed by atoms with E-state index >= 15 is 0 Å². The maximum Gasteiger partial charge on any atom is 0.250 e. The van der Waals surface area contributed by atoms with Crippen LogP contribution in [0.4, 0.5) is 11.4 Å². The summed E-state index contributed by atoms with van der Waals surface area (Å²) in [5.41, 5.74) is 5.51. The van der Waals surface area contributed by atoms with Crippen LogP contribution in [0.25, 0.3) is 11.1 Å². The van der Waals surface area contributed by atoms with Gasteiger partial charge in [0, 0.05) is 23.9 Å². The van der Waals surface area contributed by atoms with Crippen LogP contribution in [0.2, 0.25) is 36.3 Å². The molecule has 10 nitrogen and oxygen atoms in total. The lowest BCUT2D eigenvalue weighted by Gasteiger charge is -2.36. The van der Waals surface area contributed by atoms with Gasteiger partial charge in [0.05, 0.1) is 33.0 Å². The Hall–Kier alpha value is -2.43. The molecule has 0 radical (unpaired) electrons. The standard InChI is InChI=1S/C38H62N2O8Si2/c1-13-45-27(2)46-24-34-32-22-28(39-35(41)25-43-18-20-47-49(9,10)37(3,4)5)14-16-30(32)31-17-15-29(23-33(31)34)40-36(42)26-44-19-21-48-50(11,12)38(6,7)8/h14-17,22-23,27,34H,13,18-21,24-26H2,1-12H3,(H,39,41)(H,40,42). The Morgan fingerprint density at radius 3 is 1.50 bits per heavy atom. The lowest BCUT2D eigenvalue weighted by molar-refractivity contribution is -0.128. The third-order valence-corrected chi connectivity index (χ3v) is 19.1. The Morgan fingerprint density at radius 1 is 0.700 bits per heavy atom. The van der Waals surface area contributed by atoms with Crippen molar-refractivity contribution in [1.29, 1.82) is 0 Å². The second kappa shape index (κ2) is 17.9. The highest BCUT2D eigenvalue weighted by atomic mass is 28.4. The largest absolute Gasteiger partial charge is 0.414 e. The number of amides is 2. The zero-order chi connectivity index (χ0) is 37.3. The predicted molar refractivity (Wildman–Crippen MR) is 206 cm³/mol. The van der Waals surface area contributed by atoms with Crippen LogP contribution in [0.15, 0.2) is 36.4 Å². The Balaban J connectivity index is 1.63. The fourth-order valence-corrected chi connectivity index (χ4v) is 7.13. The Labute approximate surface area is 302 Å². The predicted octanol–water partition coefficient (Wildman–Crippen LogP) is 8.15. The molecule has 2 N–H and O–H groups in total. The summed E-state index contributed by atoms with van der Waals surface area (Å²) in [5, 5.41) is 6.19. The van der Waals surface area contributed by atoms with Gasteiger partial charge in [-0.3, -0.25) is 9.59 Å². The van der Waals surface area contributed by atoms with Crippen LogP contribution < -0.4 is 10.6 Å². The monoisotopic (exact) mass is 730 g/mol. The zero-order valence-electron chi connectivity index (χ0n) is 32.5. The number of anilines is 2. The molecule has 280 valence electrons. The maximum atomic E-state index is 12.8. The molecule has 0 saturated carbocycles. The average molecular weight is 731 g/mol. The molecule has 1 aliphatic carbocycles. The van der Waals surface area contributed by atoms with Crippen molar-refractivity contribution in [3.8, 4) is 11.1 Å². The molecular formula is C38H62N2O8Si2. The van der Waals surface area contributed by atoms with Crippen molar-refractivity contribution in [2.75, 3.05) is 63.5 Å². The number of nitrogens with one attached hydrogen (secondary N) is 2. The molecule has 0 fully saturated rings. The highest BCUT2D eigenvalue weighted by Crippen LogP contribution is 2.47. The number of hydrogen-bond acceptors (Lipinski definition) is 8. The number of benzene rings is 2. The summed E-state index contributed by atoms with van der Waals surface area (Å²) < 4.78 is 35.3. The van der Waals surface area contributed by atoms with Crippen LogP contribution in [0.3, 0.4) is 0 Å². The third kappa shape index (κ3) is 11.8. The van der Waals surface area contributed by atoms with Crippen LogP contribution in [0.1, 0.15) is 72.4 Å². The summed E-state index contributed by atoms with van der Waals surface area (Å²) in [6.07, 6.45) is -0.381. The second-order valence-corrected chi connectivity index (χ2v) is 25.6. The van der Waals surface area contributed by atoms with Crippen LogP contribution in [0.5, 0.6) is 0 Å². The molecule has 3 rings (SSSR count). The molecule has 0 aliphatic heterocycles. The first kappa shape index (κ1) is 42.0. The van der Waals surface area contributed by atoms with Crippen molar-refractivity contribution in [1.82, 2.24) is 0 Å². The van der Waals surface area contributed by atoms with E-state index in [0.717, 1.165) is 22.3 Å². The van der Waals surface area contributed by atoms with E-state index in [9.17, 15) is 9.59 Å². The van der Waals surface area contributed by atoms with Crippen LogP contribution in [-0.2, 0) is 37.4 Å².